The minimum absolute atomic E-state index is 0.210. The number of nitrogens with zero attached hydrogens (tertiary/aromatic N) is 3. The average molecular weight is 278 g/mol. The second kappa shape index (κ2) is 6.30. The summed E-state index contributed by atoms with van der Waals surface area (Å²) in [4.78, 5) is 5.84. The molecule has 0 amide bonds. The van der Waals surface area contributed by atoms with E-state index in [2.05, 4.69) is 49.3 Å². The lowest BCUT2D eigenvalue weighted by molar-refractivity contribution is 0.598. The molecule has 1 atom stereocenters. The molecule has 0 spiro atoms. The van der Waals surface area contributed by atoms with Crippen LogP contribution in [0.5, 0.6) is 0 Å². The first-order valence-electron chi connectivity index (χ1n) is 6.85. The molecule has 2 rings (SSSR count). The summed E-state index contributed by atoms with van der Waals surface area (Å²) < 4.78 is 2.02. The average Bonchev–Trinajstić information content (AvgIpc) is 2.94. The molecule has 104 valence electrons. The SMILES string of the molecule is CCCn1cc(C(NCC)c2sc(C)nc2C)cn1. The third-order valence-corrected chi connectivity index (χ3v) is 4.19. The molecule has 0 bridgehead atoms. The second-order valence-corrected chi connectivity index (χ2v) is 5.94. The molecule has 2 aromatic rings. The number of hydrogen-bond donors (Lipinski definition) is 1. The van der Waals surface area contributed by atoms with Gasteiger partial charge >= 0.3 is 0 Å². The molecule has 0 aliphatic carbocycles. The molecule has 0 aliphatic heterocycles. The Morgan fingerprint density at radius 1 is 1.37 bits per heavy atom. The maximum atomic E-state index is 4.53. The van der Waals surface area contributed by atoms with Gasteiger partial charge in [-0.25, -0.2) is 4.98 Å². The lowest BCUT2D eigenvalue weighted by Gasteiger charge is -2.15. The Labute approximate surface area is 118 Å². The van der Waals surface area contributed by atoms with Crippen LogP contribution in [0, 0.1) is 13.8 Å². The number of rotatable bonds is 6. The molecule has 1 unspecified atom stereocenters. The molecule has 0 saturated carbocycles. The van der Waals surface area contributed by atoms with Crippen LogP contribution in [0.25, 0.3) is 0 Å². The number of nitrogens with one attached hydrogen (secondary N) is 1. The van der Waals surface area contributed by atoms with Gasteiger partial charge in [-0.2, -0.15) is 5.10 Å². The summed E-state index contributed by atoms with van der Waals surface area (Å²) in [6.07, 6.45) is 5.22. The van der Waals surface area contributed by atoms with E-state index in [4.69, 9.17) is 0 Å². The highest BCUT2D eigenvalue weighted by Gasteiger charge is 2.20. The molecule has 0 fully saturated rings. The van der Waals surface area contributed by atoms with Crippen molar-refractivity contribution in [2.45, 2.75) is 46.7 Å². The van der Waals surface area contributed by atoms with Crippen molar-refractivity contribution >= 4 is 11.3 Å². The van der Waals surface area contributed by atoms with Crippen molar-refractivity contribution in [1.82, 2.24) is 20.1 Å². The van der Waals surface area contributed by atoms with Crippen LogP contribution in [0.2, 0.25) is 0 Å². The quantitative estimate of drug-likeness (QED) is 0.883. The summed E-state index contributed by atoms with van der Waals surface area (Å²) in [6.45, 7) is 10.3. The van der Waals surface area contributed by atoms with Crippen LogP contribution in [0.15, 0.2) is 12.4 Å². The Morgan fingerprint density at radius 2 is 2.16 bits per heavy atom. The summed E-state index contributed by atoms with van der Waals surface area (Å²) in [5.41, 5.74) is 2.35. The first-order valence-corrected chi connectivity index (χ1v) is 7.67. The van der Waals surface area contributed by atoms with Gasteiger partial charge in [0, 0.05) is 23.2 Å². The summed E-state index contributed by atoms with van der Waals surface area (Å²) >= 11 is 1.77. The van der Waals surface area contributed by atoms with E-state index >= 15 is 0 Å². The zero-order valence-electron chi connectivity index (χ0n) is 12.1. The monoisotopic (exact) mass is 278 g/mol. The normalized spacial score (nSPS) is 12.8. The minimum atomic E-state index is 0.210. The zero-order chi connectivity index (χ0) is 13.8. The number of aromatic nitrogens is 3. The van der Waals surface area contributed by atoms with E-state index in [1.165, 1.54) is 10.4 Å². The van der Waals surface area contributed by atoms with Crippen molar-refractivity contribution in [3.8, 4) is 0 Å². The second-order valence-electron chi connectivity index (χ2n) is 4.71. The standard InChI is InChI=1S/C14H22N4S/c1-5-7-18-9-12(8-16-18)13(15-6-2)14-10(3)17-11(4)19-14/h8-9,13,15H,5-7H2,1-4H3. The van der Waals surface area contributed by atoms with E-state index in [9.17, 15) is 0 Å². The van der Waals surface area contributed by atoms with Crippen molar-refractivity contribution < 1.29 is 0 Å². The van der Waals surface area contributed by atoms with Crippen LogP contribution in [-0.4, -0.2) is 21.3 Å². The highest BCUT2D eigenvalue weighted by molar-refractivity contribution is 7.11. The number of hydrogen-bond acceptors (Lipinski definition) is 4. The predicted molar refractivity (Wildman–Crippen MR) is 79.6 cm³/mol. The van der Waals surface area contributed by atoms with Gasteiger partial charge in [0.2, 0.25) is 0 Å². The maximum absolute atomic E-state index is 4.53. The lowest BCUT2D eigenvalue weighted by Crippen LogP contribution is -2.21. The van der Waals surface area contributed by atoms with Gasteiger partial charge in [0.1, 0.15) is 0 Å². The highest BCUT2D eigenvalue weighted by atomic mass is 32.1. The third-order valence-electron chi connectivity index (χ3n) is 3.05. The molecule has 0 saturated heterocycles. The lowest BCUT2D eigenvalue weighted by atomic mass is 10.1. The molecular formula is C14H22N4S. The van der Waals surface area contributed by atoms with Crippen molar-refractivity contribution in [3.63, 3.8) is 0 Å². The van der Waals surface area contributed by atoms with Gasteiger partial charge in [0.15, 0.2) is 0 Å². The van der Waals surface area contributed by atoms with Crippen molar-refractivity contribution in [2.24, 2.45) is 0 Å². The molecule has 2 aromatic heterocycles. The van der Waals surface area contributed by atoms with E-state index in [0.29, 0.717) is 0 Å². The van der Waals surface area contributed by atoms with Gasteiger partial charge in [-0.15, -0.1) is 11.3 Å². The van der Waals surface area contributed by atoms with E-state index < -0.39 is 0 Å². The van der Waals surface area contributed by atoms with Crippen LogP contribution in [0.4, 0.5) is 0 Å². The molecule has 0 aromatic carbocycles. The minimum Gasteiger partial charge on any atom is -0.306 e. The largest absolute Gasteiger partial charge is 0.306 e. The molecule has 5 heteroatoms. The molecule has 4 nitrogen and oxygen atoms in total. The summed E-state index contributed by atoms with van der Waals surface area (Å²) in [7, 11) is 0. The first-order chi connectivity index (χ1) is 9.15. The molecule has 0 aliphatic rings. The smallest absolute Gasteiger partial charge is 0.0900 e. The van der Waals surface area contributed by atoms with E-state index in [0.717, 1.165) is 30.2 Å². The molecule has 19 heavy (non-hydrogen) atoms. The Balaban J connectivity index is 2.30. The topological polar surface area (TPSA) is 42.7 Å². The van der Waals surface area contributed by atoms with Gasteiger partial charge in [0.25, 0.3) is 0 Å². The van der Waals surface area contributed by atoms with E-state index in [1.807, 2.05) is 10.9 Å². The Hall–Kier alpha value is -1.20. The van der Waals surface area contributed by atoms with Gasteiger partial charge in [-0.05, 0) is 26.8 Å². The van der Waals surface area contributed by atoms with Gasteiger partial charge in [-0.1, -0.05) is 13.8 Å². The fraction of sp³-hybridized carbons (Fsp3) is 0.571. The van der Waals surface area contributed by atoms with Gasteiger partial charge < -0.3 is 5.32 Å². The number of thiazole rings is 1. The Kier molecular flexibility index (Phi) is 4.71. The maximum Gasteiger partial charge on any atom is 0.0900 e. The Bertz CT molecular complexity index is 529. The molecule has 2 heterocycles. The highest BCUT2D eigenvalue weighted by Crippen LogP contribution is 2.29. The van der Waals surface area contributed by atoms with Crippen LogP contribution >= 0.6 is 11.3 Å². The van der Waals surface area contributed by atoms with Gasteiger partial charge in [0.05, 0.1) is 22.9 Å². The fourth-order valence-corrected chi connectivity index (χ4v) is 3.29. The third kappa shape index (κ3) is 3.22. The van der Waals surface area contributed by atoms with Crippen LogP contribution in [0.1, 0.15) is 47.5 Å². The summed E-state index contributed by atoms with van der Waals surface area (Å²) in [6, 6.07) is 0.210. The predicted octanol–water partition coefficient (Wildman–Crippen LogP) is 3.07. The fourth-order valence-electron chi connectivity index (χ4n) is 2.26. The Morgan fingerprint density at radius 3 is 2.74 bits per heavy atom. The van der Waals surface area contributed by atoms with E-state index in [1.54, 1.807) is 11.3 Å². The summed E-state index contributed by atoms with van der Waals surface area (Å²) in [5, 5.41) is 9.10. The van der Waals surface area contributed by atoms with E-state index in [-0.39, 0.29) is 6.04 Å². The van der Waals surface area contributed by atoms with Crippen molar-refractivity contribution in [3.05, 3.63) is 33.5 Å². The molecular weight excluding hydrogens is 256 g/mol. The van der Waals surface area contributed by atoms with Crippen molar-refractivity contribution in [2.75, 3.05) is 6.54 Å². The van der Waals surface area contributed by atoms with Crippen LogP contribution < -0.4 is 5.32 Å². The van der Waals surface area contributed by atoms with Gasteiger partial charge in [-0.3, -0.25) is 4.68 Å². The summed E-state index contributed by atoms with van der Waals surface area (Å²) in [5.74, 6) is 0. The van der Waals surface area contributed by atoms with Crippen LogP contribution in [-0.2, 0) is 6.54 Å². The number of aryl methyl sites for hydroxylation is 3. The van der Waals surface area contributed by atoms with Crippen LogP contribution in [0.3, 0.4) is 0 Å². The molecule has 0 radical (unpaired) electrons. The molecule has 1 N–H and O–H groups in total. The first kappa shape index (κ1) is 14.2. The zero-order valence-corrected chi connectivity index (χ0v) is 12.9. The van der Waals surface area contributed by atoms with Crippen molar-refractivity contribution in [1.29, 1.82) is 0 Å².